The molecule has 0 N–H and O–H groups in total. The first-order valence-electron chi connectivity index (χ1n) is 4.07. The van der Waals surface area contributed by atoms with Gasteiger partial charge < -0.3 is 4.74 Å². The number of rotatable bonds is 2. The van der Waals surface area contributed by atoms with Crippen molar-refractivity contribution in [1.29, 1.82) is 0 Å². The Morgan fingerprint density at radius 1 is 1.56 bits per heavy atom. The molecule has 0 bridgehead atoms. The van der Waals surface area contributed by atoms with Crippen molar-refractivity contribution in [2.24, 2.45) is 0 Å². The number of nitrogens with zero attached hydrogens (tertiary/aromatic N) is 1. The summed E-state index contributed by atoms with van der Waals surface area (Å²) in [7, 11) is 1.30. The van der Waals surface area contributed by atoms with Crippen LogP contribution in [0.4, 0.5) is 5.69 Å². The molecule has 0 spiro atoms. The Kier molecular flexibility index (Phi) is 3.86. The van der Waals surface area contributed by atoms with Gasteiger partial charge in [-0.1, -0.05) is 17.5 Å². The van der Waals surface area contributed by atoms with Gasteiger partial charge in [0.2, 0.25) is 0 Å². The van der Waals surface area contributed by atoms with Crippen LogP contribution in [0.25, 0.3) is 0 Å². The minimum absolute atomic E-state index is 0.0478. The van der Waals surface area contributed by atoms with E-state index in [1.54, 1.807) is 0 Å². The zero-order chi connectivity index (χ0) is 12.1. The van der Waals surface area contributed by atoms with Gasteiger partial charge in [-0.2, -0.15) is 0 Å². The number of ether oxygens (including phenoxy) is 1. The Bertz CT molecular complexity index is 502. The van der Waals surface area contributed by atoms with Crippen molar-refractivity contribution in [2.45, 2.75) is 0 Å². The van der Waals surface area contributed by atoms with Gasteiger partial charge in [0.15, 0.2) is 12.0 Å². The quantitative estimate of drug-likeness (QED) is 0.342. The van der Waals surface area contributed by atoms with E-state index < -0.39 is 4.92 Å². The molecule has 1 rings (SSSR count). The molecule has 1 aromatic carbocycles. The molecule has 0 aliphatic heterocycles. The maximum absolute atomic E-state index is 10.7. The monoisotopic (exact) mass is 239 g/mol. The van der Waals surface area contributed by atoms with Crippen LogP contribution < -0.4 is 4.74 Å². The van der Waals surface area contributed by atoms with Gasteiger partial charge in [0.25, 0.3) is 0 Å². The zero-order valence-corrected chi connectivity index (χ0v) is 8.95. The van der Waals surface area contributed by atoms with Gasteiger partial charge in [-0.15, -0.1) is 0 Å². The predicted molar refractivity (Wildman–Crippen MR) is 57.6 cm³/mol. The van der Waals surface area contributed by atoms with Crippen LogP contribution in [0, 0.1) is 22.0 Å². The zero-order valence-electron chi connectivity index (χ0n) is 8.19. The lowest BCUT2D eigenvalue weighted by atomic mass is 10.2. The van der Waals surface area contributed by atoms with Gasteiger partial charge in [-0.25, -0.2) is 0 Å². The third-order valence-electron chi connectivity index (χ3n) is 1.73. The number of carbonyl (C=O) groups is 1. The highest BCUT2D eigenvalue weighted by molar-refractivity contribution is 6.32. The second kappa shape index (κ2) is 5.14. The van der Waals surface area contributed by atoms with E-state index in [0.29, 0.717) is 6.29 Å². The van der Waals surface area contributed by atoms with Gasteiger partial charge in [-0.05, 0) is 5.92 Å². The van der Waals surface area contributed by atoms with Crippen LogP contribution in [0.5, 0.6) is 5.75 Å². The van der Waals surface area contributed by atoms with Crippen LogP contribution in [0.15, 0.2) is 12.1 Å². The Morgan fingerprint density at radius 2 is 2.25 bits per heavy atom. The van der Waals surface area contributed by atoms with Crippen LogP contribution in [0.3, 0.4) is 0 Å². The summed E-state index contributed by atoms with van der Waals surface area (Å²) in [5.41, 5.74) is -0.0386. The summed E-state index contributed by atoms with van der Waals surface area (Å²) in [5, 5.41) is 10.9. The van der Waals surface area contributed by atoms with E-state index in [1.165, 1.54) is 13.2 Å². The number of hydrogen-bond donors (Lipinski definition) is 0. The van der Waals surface area contributed by atoms with Gasteiger partial charge in [0.1, 0.15) is 0 Å². The number of nitro benzene ring substituents is 1. The number of methoxy groups -OCH3 is 1. The lowest BCUT2D eigenvalue weighted by molar-refractivity contribution is -0.385. The molecule has 0 heterocycles. The van der Waals surface area contributed by atoms with E-state index in [1.807, 2.05) is 0 Å². The molecule has 0 atom stereocenters. The van der Waals surface area contributed by atoms with Crippen molar-refractivity contribution in [2.75, 3.05) is 7.11 Å². The van der Waals surface area contributed by atoms with Crippen LogP contribution in [0.2, 0.25) is 5.02 Å². The molecule has 82 valence electrons. The molecule has 0 aliphatic rings. The average Bonchev–Trinajstić information content (AvgIpc) is 2.26. The summed E-state index contributed by atoms with van der Waals surface area (Å²) in [6.45, 7) is 0. The molecule has 0 saturated heterocycles. The maximum atomic E-state index is 10.7. The Morgan fingerprint density at radius 3 is 2.75 bits per heavy atom. The first-order chi connectivity index (χ1) is 7.60. The number of hydrogen-bond acceptors (Lipinski definition) is 4. The van der Waals surface area contributed by atoms with Gasteiger partial charge in [0, 0.05) is 12.1 Å². The second-order valence-electron chi connectivity index (χ2n) is 2.65. The van der Waals surface area contributed by atoms with E-state index in [0.717, 1.165) is 6.07 Å². The van der Waals surface area contributed by atoms with Crippen LogP contribution >= 0.6 is 11.6 Å². The van der Waals surface area contributed by atoms with Crippen LogP contribution in [-0.4, -0.2) is 18.3 Å². The van der Waals surface area contributed by atoms with Crippen LogP contribution in [-0.2, 0) is 4.79 Å². The highest BCUT2D eigenvalue weighted by Gasteiger charge is 2.17. The van der Waals surface area contributed by atoms with Gasteiger partial charge in [0.05, 0.1) is 22.6 Å². The number of carbonyl (C=O) groups excluding carboxylic acids is 1. The van der Waals surface area contributed by atoms with E-state index in [2.05, 4.69) is 11.8 Å². The van der Waals surface area contributed by atoms with Crippen molar-refractivity contribution in [1.82, 2.24) is 0 Å². The number of nitro groups is 1. The number of aldehydes is 1. The van der Waals surface area contributed by atoms with E-state index >= 15 is 0 Å². The summed E-state index contributed by atoms with van der Waals surface area (Å²) in [6, 6.07) is 2.45. The third kappa shape index (κ3) is 2.49. The fourth-order valence-electron chi connectivity index (χ4n) is 1.05. The molecule has 16 heavy (non-hydrogen) atoms. The highest BCUT2D eigenvalue weighted by atomic mass is 35.5. The topological polar surface area (TPSA) is 69.4 Å². The fourth-order valence-corrected chi connectivity index (χ4v) is 1.25. The Labute approximate surface area is 96.1 Å². The average molecular weight is 240 g/mol. The minimum atomic E-state index is -0.610. The largest absolute Gasteiger partial charge is 0.490 e. The van der Waals surface area contributed by atoms with Crippen LogP contribution in [0.1, 0.15) is 5.56 Å². The third-order valence-corrected chi connectivity index (χ3v) is 2.04. The lowest BCUT2D eigenvalue weighted by Crippen LogP contribution is -1.95. The van der Waals surface area contributed by atoms with Gasteiger partial charge >= 0.3 is 5.69 Å². The molecule has 0 saturated carbocycles. The summed E-state index contributed by atoms with van der Waals surface area (Å²) < 4.78 is 4.80. The van der Waals surface area contributed by atoms with Crippen molar-refractivity contribution in [3.8, 4) is 17.6 Å². The summed E-state index contributed by atoms with van der Waals surface area (Å²) in [4.78, 5) is 20.1. The molecule has 0 aliphatic carbocycles. The molecule has 0 aromatic heterocycles. The normalized spacial score (nSPS) is 8.88. The first kappa shape index (κ1) is 12.0. The smallest absolute Gasteiger partial charge is 0.312 e. The fraction of sp³-hybridized carbons (Fsp3) is 0.100. The Hall–Kier alpha value is -2.06. The molecular weight excluding hydrogens is 234 g/mol. The number of benzene rings is 1. The highest BCUT2D eigenvalue weighted by Crippen LogP contribution is 2.32. The molecule has 0 unspecified atom stereocenters. The molecule has 0 radical (unpaired) electrons. The molecule has 0 amide bonds. The van der Waals surface area contributed by atoms with Crippen molar-refractivity contribution in [3.63, 3.8) is 0 Å². The molecule has 1 aromatic rings. The molecule has 6 heteroatoms. The predicted octanol–water partition coefficient (Wildman–Crippen LogP) is 1.81. The maximum Gasteiger partial charge on any atom is 0.312 e. The lowest BCUT2D eigenvalue weighted by Gasteiger charge is -2.03. The van der Waals surface area contributed by atoms with Crippen molar-refractivity contribution in [3.05, 3.63) is 32.8 Å². The first-order valence-corrected chi connectivity index (χ1v) is 4.45. The standard InChI is InChI=1S/C10H6ClNO4/c1-16-10-6-8(11)7(3-2-4-13)5-9(10)12(14)15/h4-6H,1H3. The second-order valence-corrected chi connectivity index (χ2v) is 3.06. The Balaban J connectivity index is 3.38. The SMILES string of the molecule is COc1cc(Cl)c(C#CC=O)cc1[N+](=O)[O-]. The van der Waals surface area contributed by atoms with E-state index in [9.17, 15) is 14.9 Å². The number of halogens is 1. The summed E-state index contributed by atoms with van der Waals surface area (Å²) in [5.74, 6) is 4.58. The van der Waals surface area contributed by atoms with Gasteiger partial charge in [-0.3, -0.25) is 14.9 Å². The minimum Gasteiger partial charge on any atom is -0.490 e. The van der Waals surface area contributed by atoms with Crippen molar-refractivity contribution >= 4 is 23.6 Å². The molecule has 0 fully saturated rings. The van der Waals surface area contributed by atoms with Crippen molar-refractivity contribution < 1.29 is 14.5 Å². The molecule has 5 nitrogen and oxygen atoms in total. The summed E-state index contributed by atoms with van der Waals surface area (Å²) in [6.07, 6.45) is 0.381. The summed E-state index contributed by atoms with van der Waals surface area (Å²) >= 11 is 5.80. The molecular formula is C10H6ClNO4. The van der Waals surface area contributed by atoms with E-state index in [-0.39, 0.29) is 22.0 Å². The van der Waals surface area contributed by atoms with E-state index in [4.69, 9.17) is 16.3 Å².